The molecule has 0 spiro atoms. The summed E-state index contributed by atoms with van der Waals surface area (Å²) in [4.78, 5) is 4.94. The monoisotopic (exact) mass is 314 g/mol. The minimum absolute atomic E-state index is 0.983. The maximum absolute atomic E-state index is 4.57. The third-order valence-corrected chi connectivity index (χ3v) is 4.60. The van der Waals surface area contributed by atoms with Crippen LogP contribution in [0.15, 0.2) is 4.47 Å². The summed E-state index contributed by atoms with van der Waals surface area (Å²) >= 11 is 3.70. The van der Waals surface area contributed by atoms with Gasteiger partial charge < -0.3 is 4.90 Å². The van der Waals surface area contributed by atoms with E-state index in [0.29, 0.717) is 0 Å². The quantitative estimate of drug-likeness (QED) is 0.851. The first-order valence-corrected chi connectivity index (χ1v) is 7.52. The van der Waals surface area contributed by atoms with Gasteiger partial charge in [0.1, 0.15) is 0 Å². The highest BCUT2D eigenvalue weighted by molar-refractivity contribution is 9.10. The molecule has 5 heteroatoms. The molecule has 0 radical (unpaired) electrons. The van der Waals surface area contributed by atoms with Crippen molar-refractivity contribution in [3.05, 3.63) is 15.9 Å². The van der Waals surface area contributed by atoms with Gasteiger partial charge in [-0.2, -0.15) is 5.10 Å². The van der Waals surface area contributed by atoms with Crippen LogP contribution < -0.4 is 0 Å². The van der Waals surface area contributed by atoms with Crippen LogP contribution in [0.3, 0.4) is 0 Å². The Balaban J connectivity index is 2.06. The molecular weight excluding hydrogens is 292 g/mol. The summed E-state index contributed by atoms with van der Waals surface area (Å²) in [6, 6.07) is 0. The van der Waals surface area contributed by atoms with Gasteiger partial charge in [0.25, 0.3) is 0 Å². The zero-order chi connectivity index (χ0) is 13.1. The summed E-state index contributed by atoms with van der Waals surface area (Å²) in [7, 11) is 4.25. The minimum atomic E-state index is 0.983. The Morgan fingerprint density at radius 2 is 1.94 bits per heavy atom. The van der Waals surface area contributed by atoms with Gasteiger partial charge in [0.2, 0.25) is 0 Å². The van der Waals surface area contributed by atoms with Crippen LogP contribution in [0, 0.1) is 0 Å². The van der Waals surface area contributed by atoms with E-state index in [4.69, 9.17) is 0 Å². The van der Waals surface area contributed by atoms with Crippen molar-refractivity contribution in [2.45, 2.75) is 26.3 Å². The Morgan fingerprint density at radius 3 is 2.61 bits per heavy atom. The molecule has 102 valence electrons. The van der Waals surface area contributed by atoms with Crippen molar-refractivity contribution in [2.75, 3.05) is 33.2 Å². The SMILES string of the molecule is CCc1nn(C)c(CN2CCCN(C)CC2)c1Br. The molecule has 0 amide bonds. The first kappa shape index (κ1) is 14.0. The van der Waals surface area contributed by atoms with Crippen molar-refractivity contribution in [3.63, 3.8) is 0 Å². The van der Waals surface area contributed by atoms with Crippen LogP contribution in [0.4, 0.5) is 0 Å². The molecular formula is C13H23BrN4. The van der Waals surface area contributed by atoms with E-state index in [1.807, 2.05) is 11.7 Å². The number of aromatic nitrogens is 2. The van der Waals surface area contributed by atoms with Gasteiger partial charge in [0, 0.05) is 26.7 Å². The van der Waals surface area contributed by atoms with Crippen molar-refractivity contribution in [3.8, 4) is 0 Å². The average molecular weight is 315 g/mol. The number of likely N-dealkylation sites (N-methyl/N-ethyl adjacent to an activating group) is 1. The van der Waals surface area contributed by atoms with Gasteiger partial charge in [-0.05, 0) is 48.9 Å². The number of halogens is 1. The molecule has 0 atom stereocenters. The number of rotatable bonds is 3. The topological polar surface area (TPSA) is 24.3 Å². The molecule has 4 nitrogen and oxygen atoms in total. The van der Waals surface area contributed by atoms with Gasteiger partial charge in [-0.1, -0.05) is 6.92 Å². The smallest absolute Gasteiger partial charge is 0.0767 e. The Kier molecular flexibility index (Phi) is 4.81. The molecule has 1 aliphatic rings. The van der Waals surface area contributed by atoms with Crippen LogP contribution in [0.1, 0.15) is 24.7 Å². The minimum Gasteiger partial charge on any atom is -0.305 e. The van der Waals surface area contributed by atoms with E-state index in [9.17, 15) is 0 Å². The van der Waals surface area contributed by atoms with Crippen molar-refractivity contribution >= 4 is 15.9 Å². The molecule has 1 aromatic heterocycles. The molecule has 0 unspecified atom stereocenters. The maximum Gasteiger partial charge on any atom is 0.0767 e. The highest BCUT2D eigenvalue weighted by atomic mass is 79.9. The van der Waals surface area contributed by atoms with Crippen LogP contribution >= 0.6 is 15.9 Å². The van der Waals surface area contributed by atoms with E-state index in [2.05, 4.69) is 44.8 Å². The second kappa shape index (κ2) is 6.17. The average Bonchev–Trinajstić information content (AvgIpc) is 2.53. The molecule has 1 fully saturated rings. The maximum atomic E-state index is 4.57. The van der Waals surface area contributed by atoms with Crippen LogP contribution in [0.25, 0.3) is 0 Å². The van der Waals surface area contributed by atoms with Gasteiger partial charge in [0.05, 0.1) is 15.9 Å². The third-order valence-electron chi connectivity index (χ3n) is 3.69. The molecule has 1 aliphatic heterocycles. The highest BCUT2D eigenvalue weighted by Crippen LogP contribution is 2.23. The lowest BCUT2D eigenvalue weighted by molar-refractivity contribution is 0.262. The molecule has 0 saturated carbocycles. The predicted octanol–water partition coefficient (Wildman–Crippen LogP) is 1.88. The lowest BCUT2D eigenvalue weighted by Gasteiger charge is -2.20. The van der Waals surface area contributed by atoms with E-state index in [0.717, 1.165) is 26.1 Å². The number of aryl methyl sites for hydroxylation is 2. The molecule has 1 saturated heterocycles. The second-order valence-electron chi connectivity index (χ2n) is 5.12. The molecule has 2 rings (SSSR count). The Labute approximate surface area is 118 Å². The van der Waals surface area contributed by atoms with Gasteiger partial charge in [-0.15, -0.1) is 0 Å². The summed E-state index contributed by atoms with van der Waals surface area (Å²) in [6.45, 7) is 7.86. The van der Waals surface area contributed by atoms with Crippen LogP contribution in [-0.4, -0.2) is 52.8 Å². The Bertz CT molecular complexity index is 402. The summed E-state index contributed by atoms with van der Waals surface area (Å²) in [5.41, 5.74) is 2.47. The van der Waals surface area contributed by atoms with E-state index in [1.54, 1.807) is 0 Å². The summed E-state index contributed by atoms with van der Waals surface area (Å²) < 4.78 is 3.22. The highest BCUT2D eigenvalue weighted by Gasteiger charge is 2.17. The van der Waals surface area contributed by atoms with E-state index >= 15 is 0 Å². The zero-order valence-corrected chi connectivity index (χ0v) is 13.2. The first-order chi connectivity index (χ1) is 8.61. The van der Waals surface area contributed by atoms with E-state index in [-0.39, 0.29) is 0 Å². The number of nitrogens with zero attached hydrogens (tertiary/aromatic N) is 4. The summed E-state index contributed by atoms with van der Waals surface area (Å²) in [5.74, 6) is 0. The first-order valence-electron chi connectivity index (χ1n) is 6.73. The van der Waals surface area contributed by atoms with E-state index in [1.165, 1.54) is 35.4 Å². The lowest BCUT2D eigenvalue weighted by Crippen LogP contribution is -2.29. The normalized spacial score (nSPS) is 19.1. The zero-order valence-electron chi connectivity index (χ0n) is 11.6. The fourth-order valence-electron chi connectivity index (χ4n) is 2.46. The molecule has 0 N–H and O–H groups in total. The van der Waals surface area contributed by atoms with Crippen molar-refractivity contribution in [2.24, 2.45) is 7.05 Å². The Morgan fingerprint density at radius 1 is 1.17 bits per heavy atom. The summed E-state index contributed by atoms with van der Waals surface area (Å²) in [5, 5.41) is 4.57. The van der Waals surface area contributed by atoms with Gasteiger partial charge in [-0.25, -0.2) is 0 Å². The Hall–Kier alpha value is -0.390. The van der Waals surface area contributed by atoms with Crippen molar-refractivity contribution < 1.29 is 0 Å². The van der Waals surface area contributed by atoms with Crippen molar-refractivity contribution in [1.29, 1.82) is 0 Å². The van der Waals surface area contributed by atoms with Crippen LogP contribution in [0.2, 0.25) is 0 Å². The molecule has 2 heterocycles. The molecule has 0 bridgehead atoms. The molecule has 0 aromatic carbocycles. The van der Waals surface area contributed by atoms with E-state index < -0.39 is 0 Å². The number of hydrogen-bond acceptors (Lipinski definition) is 3. The molecule has 1 aromatic rings. The predicted molar refractivity (Wildman–Crippen MR) is 77.7 cm³/mol. The van der Waals surface area contributed by atoms with Gasteiger partial charge in [0.15, 0.2) is 0 Å². The van der Waals surface area contributed by atoms with Crippen LogP contribution in [0.5, 0.6) is 0 Å². The van der Waals surface area contributed by atoms with Crippen molar-refractivity contribution in [1.82, 2.24) is 19.6 Å². The van der Waals surface area contributed by atoms with Crippen LogP contribution in [-0.2, 0) is 20.0 Å². The third kappa shape index (κ3) is 3.13. The second-order valence-corrected chi connectivity index (χ2v) is 5.91. The summed E-state index contributed by atoms with van der Waals surface area (Å²) in [6.07, 6.45) is 2.24. The fourth-order valence-corrected chi connectivity index (χ4v) is 3.20. The van der Waals surface area contributed by atoms with Gasteiger partial charge >= 0.3 is 0 Å². The fraction of sp³-hybridized carbons (Fsp3) is 0.769. The molecule has 0 aliphatic carbocycles. The molecule has 18 heavy (non-hydrogen) atoms. The van der Waals surface area contributed by atoms with Gasteiger partial charge in [-0.3, -0.25) is 9.58 Å². The standard InChI is InChI=1S/C13H23BrN4/c1-4-11-13(14)12(17(3)15-11)10-18-7-5-6-16(2)8-9-18/h4-10H2,1-3H3. The number of hydrogen-bond donors (Lipinski definition) is 0. The largest absolute Gasteiger partial charge is 0.305 e. The lowest BCUT2D eigenvalue weighted by atomic mass is 10.3.